The smallest absolute Gasteiger partial charge is 0.195 e. The summed E-state index contributed by atoms with van der Waals surface area (Å²) in [6, 6.07) is 16.9. The molecule has 6 heteroatoms. The van der Waals surface area contributed by atoms with Crippen LogP contribution in [0.15, 0.2) is 67.1 Å². The van der Waals surface area contributed by atoms with E-state index in [1.807, 2.05) is 42.5 Å². The van der Waals surface area contributed by atoms with Crippen LogP contribution < -0.4 is 5.32 Å². The van der Waals surface area contributed by atoms with Crippen molar-refractivity contribution >= 4 is 28.3 Å². The second-order valence-corrected chi connectivity index (χ2v) is 6.14. The van der Waals surface area contributed by atoms with E-state index in [1.165, 1.54) is 6.33 Å². The molecular formula is C21H18N4O2. The van der Waals surface area contributed by atoms with Crippen molar-refractivity contribution in [2.75, 3.05) is 11.9 Å². The maximum atomic E-state index is 12.9. The van der Waals surface area contributed by atoms with Gasteiger partial charge in [0.1, 0.15) is 17.8 Å². The molecule has 3 N–H and O–H groups in total. The molecule has 0 bridgehead atoms. The molecule has 0 atom stereocenters. The number of benzene rings is 2. The van der Waals surface area contributed by atoms with Crippen LogP contribution in [0.2, 0.25) is 0 Å². The van der Waals surface area contributed by atoms with E-state index in [-0.39, 0.29) is 12.4 Å². The first-order valence-electron chi connectivity index (χ1n) is 8.65. The quantitative estimate of drug-likeness (QED) is 0.459. The highest BCUT2D eigenvalue weighted by Gasteiger charge is 2.18. The van der Waals surface area contributed by atoms with E-state index < -0.39 is 0 Å². The average molecular weight is 358 g/mol. The SMILES string of the molecule is O=C(c1ccccc1)c1c[nH]c2ncnc(Nc3cccc(CCO)c3)c12. The summed E-state index contributed by atoms with van der Waals surface area (Å²) >= 11 is 0. The first-order chi connectivity index (χ1) is 13.3. The number of aromatic nitrogens is 3. The predicted octanol–water partition coefficient (Wildman–Crippen LogP) is 3.47. The number of fused-ring (bicyclic) bond motifs is 1. The van der Waals surface area contributed by atoms with Crippen LogP contribution in [0.5, 0.6) is 0 Å². The molecule has 2 heterocycles. The Hall–Kier alpha value is -3.51. The Morgan fingerprint density at radius 3 is 2.74 bits per heavy atom. The molecule has 0 aliphatic rings. The van der Waals surface area contributed by atoms with Gasteiger partial charge in [0.2, 0.25) is 0 Å². The number of carbonyl (C=O) groups excluding carboxylic acids is 1. The largest absolute Gasteiger partial charge is 0.396 e. The van der Waals surface area contributed by atoms with Crippen LogP contribution in [0.1, 0.15) is 21.5 Å². The molecule has 0 amide bonds. The first kappa shape index (κ1) is 16.9. The van der Waals surface area contributed by atoms with Gasteiger partial charge >= 0.3 is 0 Å². The summed E-state index contributed by atoms with van der Waals surface area (Å²) in [6.07, 6.45) is 3.70. The van der Waals surface area contributed by atoms with Crippen LogP contribution >= 0.6 is 0 Å². The third kappa shape index (κ3) is 3.43. The van der Waals surface area contributed by atoms with Gasteiger partial charge in [-0.15, -0.1) is 0 Å². The van der Waals surface area contributed by atoms with Crippen LogP contribution in [-0.2, 0) is 6.42 Å². The van der Waals surface area contributed by atoms with E-state index in [4.69, 9.17) is 5.11 Å². The molecule has 4 rings (SSSR count). The Bertz CT molecular complexity index is 1090. The summed E-state index contributed by atoms with van der Waals surface area (Å²) in [7, 11) is 0. The molecule has 0 aliphatic heterocycles. The number of aromatic amines is 1. The molecule has 0 spiro atoms. The Morgan fingerprint density at radius 1 is 1.07 bits per heavy atom. The maximum absolute atomic E-state index is 12.9. The molecule has 2 aromatic carbocycles. The van der Waals surface area contributed by atoms with E-state index >= 15 is 0 Å². The normalized spacial score (nSPS) is 10.9. The first-order valence-corrected chi connectivity index (χ1v) is 8.65. The average Bonchev–Trinajstić information content (AvgIpc) is 3.14. The van der Waals surface area contributed by atoms with Crippen molar-refractivity contribution in [3.8, 4) is 0 Å². The fraction of sp³-hybridized carbons (Fsp3) is 0.0952. The fourth-order valence-corrected chi connectivity index (χ4v) is 3.05. The molecule has 0 aliphatic carbocycles. The number of nitrogens with zero attached hydrogens (tertiary/aromatic N) is 2. The third-order valence-electron chi connectivity index (χ3n) is 4.34. The number of hydrogen-bond acceptors (Lipinski definition) is 5. The molecule has 0 saturated carbocycles. The van der Waals surface area contributed by atoms with Gasteiger partial charge in [0, 0.05) is 24.1 Å². The molecule has 0 fully saturated rings. The van der Waals surface area contributed by atoms with Gasteiger partial charge in [0.15, 0.2) is 5.78 Å². The maximum Gasteiger partial charge on any atom is 0.195 e. The van der Waals surface area contributed by atoms with Crippen LogP contribution in [-0.4, -0.2) is 32.4 Å². The Labute approximate surface area is 155 Å². The zero-order chi connectivity index (χ0) is 18.6. The van der Waals surface area contributed by atoms with Crippen molar-refractivity contribution in [1.82, 2.24) is 15.0 Å². The highest BCUT2D eigenvalue weighted by molar-refractivity contribution is 6.18. The second-order valence-electron chi connectivity index (χ2n) is 6.14. The summed E-state index contributed by atoms with van der Waals surface area (Å²) < 4.78 is 0. The minimum atomic E-state index is -0.0891. The number of aliphatic hydroxyl groups excluding tert-OH is 1. The molecular weight excluding hydrogens is 340 g/mol. The number of carbonyl (C=O) groups is 1. The number of anilines is 2. The molecule has 0 radical (unpaired) electrons. The minimum Gasteiger partial charge on any atom is -0.396 e. The van der Waals surface area contributed by atoms with Crippen molar-refractivity contribution in [2.24, 2.45) is 0 Å². The molecule has 134 valence electrons. The number of hydrogen-bond donors (Lipinski definition) is 3. The van der Waals surface area contributed by atoms with Gasteiger partial charge < -0.3 is 15.4 Å². The lowest BCUT2D eigenvalue weighted by molar-refractivity contribution is 0.104. The highest BCUT2D eigenvalue weighted by atomic mass is 16.2. The molecule has 4 aromatic rings. The van der Waals surface area contributed by atoms with E-state index in [0.29, 0.717) is 34.4 Å². The van der Waals surface area contributed by atoms with Crippen LogP contribution in [0.3, 0.4) is 0 Å². The van der Waals surface area contributed by atoms with Crippen LogP contribution in [0.25, 0.3) is 11.0 Å². The van der Waals surface area contributed by atoms with Crippen LogP contribution in [0, 0.1) is 0 Å². The third-order valence-corrected chi connectivity index (χ3v) is 4.34. The van der Waals surface area contributed by atoms with Crippen LogP contribution in [0.4, 0.5) is 11.5 Å². The predicted molar refractivity (Wildman–Crippen MR) is 104 cm³/mol. The Balaban J connectivity index is 1.75. The number of ketones is 1. The van der Waals surface area contributed by atoms with E-state index in [1.54, 1.807) is 18.3 Å². The highest BCUT2D eigenvalue weighted by Crippen LogP contribution is 2.28. The van der Waals surface area contributed by atoms with Gasteiger partial charge in [-0.3, -0.25) is 4.79 Å². The minimum absolute atomic E-state index is 0.0891. The summed E-state index contributed by atoms with van der Waals surface area (Å²) in [5, 5.41) is 13.1. The van der Waals surface area contributed by atoms with E-state index in [2.05, 4.69) is 20.3 Å². The second kappa shape index (κ2) is 7.39. The van der Waals surface area contributed by atoms with Crippen molar-refractivity contribution in [2.45, 2.75) is 6.42 Å². The molecule has 0 saturated heterocycles. The van der Waals surface area contributed by atoms with E-state index in [0.717, 1.165) is 11.3 Å². The van der Waals surface area contributed by atoms with Crippen molar-refractivity contribution in [3.63, 3.8) is 0 Å². The zero-order valence-corrected chi connectivity index (χ0v) is 14.5. The zero-order valence-electron chi connectivity index (χ0n) is 14.5. The van der Waals surface area contributed by atoms with Crippen molar-refractivity contribution in [3.05, 3.63) is 83.8 Å². The van der Waals surface area contributed by atoms with Crippen molar-refractivity contribution < 1.29 is 9.90 Å². The topological polar surface area (TPSA) is 90.9 Å². The Kier molecular flexibility index (Phi) is 4.63. The summed E-state index contributed by atoms with van der Waals surface area (Å²) in [5.41, 5.74) is 3.57. The van der Waals surface area contributed by atoms with Gasteiger partial charge in [0.25, 0.3) is 0 Å². The molecule has 2 aromatic heterocycles. The number of aliphatic hydroxyl groups is 1. The standard InChI is InChI=1S/C21H18N4O2/c26-10-9-14-5-4-8-16(11-14)25-21-18-17(12-22-20(18)23-13-24-21)19(27)15-6-2-1-3-7-15/h1-8,11-13,26H,9-10H2,(H2,22,23,24,25). The van der Waals surface area contributed by atoms with Gasteiger partial charge in [-0.1, -0.05) is 42.5 Å². The monoisotopic (exact) mass is 358 g/mol. The summed E-state index contributed by atoms with van der Waals surface area (Å²) in [5.74, 6) is 0.468. The number of rotatable bonds is 6. The molecule has 27 heavy (non-hydrogen) atoms. The molecule has 0 unspecified atom stereocenters. The van der Waals surface area contributed by atoms with E-state index in [9.17, 15) is 4.79 Å². The lowest BCUT2D eigenvalue weighted by Crippen LogP contribution is -2.03. The van der Waals surface area contributed by atoms with Crippen molar-refractivity contribution in [1.29, 1.82) is 0 Å². The summed E-state index contributed by atoms with van der Waals surface area (Å²) in [4.78, 5) is 24.6. The number of nitrogens with one attached hydrogen (secondary N) is 2. The number of H-pyrrole nitrogens is 1. The van der Waals surface area contributed by atoms with Gasteiger partial charge in [-0.2, -0.15) is 0 Å². The Morgan fingerprint density at radius 2 is 1.93 bits per heavy atom. The van der Waals surface area contributed by atoms with Gasteiger partial charge in [-0.25, -0.2) is 9.97 Å². The lowest BCUT2D eigenvalue weighted by atomic mass is 10.0. The molecule has 6 nitrogen and oxygen atoms in total. The van der Waals surface area contributed by atoms with Gasteiger partial charge in [-0.05, 0) is 24.1 Å². The van der Waals surface area contributed by atoms with Gasteiger partial charge in [0.05, 0.1) is 10.9 Å². The lowest BCUT2D eigenvalue weighted by Gasteiger charge is -2.09. The fourth-order valence-electron chi connectivity index (χ4n) is 3.05. The summed E-state index contributed by atoms with van der Waals surface area (Å²) in [6.45, 7) is 0.0920.